The van der Waals surface area contributed by atoms with Gasteiger partial charge < -0.3 is 24.6 Å². The molecule has 0 rings (SSSR count). The Balaban J connectivity index is 3.84. The van der Waals surface area contributed by atoms with E-state index in [1.165, 1.54) is 0 Å². The summed E-state index contributed by atoms with van der Waals surface area (Å²) in [5.41, 5.74) is -0.432. The number of carboxylic acid groups (broad SMARTS) is 1. The van der Waals surface area contributed by atoms with Crippen LogP contribution >= 0.6 is 0 Å². The minimum absolute atomic E-state index is 0.00506. The Kier molecular flexibility index (Phi) is 11.6. The summed E-state index contributed by atoms with van der Waals surface area (Å²) >= 11 is 0. The lowest BCUT2D eigenvalue weighted by atomic mass is 9.99. The molecule has 0 saturated carbocycles. The molecule has 1 unspecified atom stereocenters. The summed E-state index contributed by atoms with van der Waals surface area (Å²) < 4.78 is 17.0. The molecule has 0 aliphatic rings. The Hall–Kier alpha value is -1.18. The molecule has 0 aromatic carbocycles. The number of hydrogen-bond donors (Lipinski definition) is 2. The van der Waals surface area contributed by atoms with E-state index in [1.807, 2.05) is 13.8 Å². The number of ether oxygens (including phenoxy) is 3. The molecule has 0 aliphatic carbocycles. The smallest absolute Gasteiger partial charge is 0.303 e. The lowest BCUT2D eigenvalue weighted by Crippen LogP contribution is -2.33. The maximum Gasteiger partial charge on any atom is 0.303 e. The highest BCUT2D eigenvalue weighted by atomic mass is 16.5. The van der Waals surface area contributed by atoms with Gasteiger partial charge in [0.15, 0.2) is 0 Å². The summed E-state index contributed by atoms with van der Waals surface area (Å²) in [5, 5.41) is 11.1. The quantitative estimate of drug-likeness (QED) is 0.435. The van der Waals surface area contributed by atoms with Gasteiger partial charge in [-0.15, -0.1) is 0 Å². The molecule has 0 bridgehead atoms. The molecule has 0 heterocycles. The first kappa shape index (κ1) is 23.8. The predicted octanol–water partition coefficient (Wildman–Crippen LogP) is 2.37. The molecule has 0 radical (unpaired) electrons. The summed E-state index contributed by atoms with van der Waals surface area (Å²) in [6.07, 6.45) is 2.32. The summed E-state index contributed by atoms with van der Waals surface area (Å²) in [6.45, 7) is 10.2. The highest BCUT2D eigenvalue weighted by Crippen LogP contribution is 2.22. The largest absolute Gasteiger partial charge is 0.481 e. The molecule has 0 aromatic heterocycles. The molecule has 1 atom stereocenters. The van der Waals surface area contributed by atoms with Crippen molar-refractivity contribution in [1.82, 2.24) is 5.32 Å². The molecule has 0 spiro atoms. The topological polar surface area (TPSA) is 94.1 Å². The Morgan fingerprint density at radius 3 is 2.28 bits per heavy atom. The van der Waals surface area contributed by atoms with Gasteiger partial charge in [0, 0.05) is 26.7 Å². The summed E-state index contributed by atoms with van der Waals surface area (Å²) in [5.74, 6) is -1.24. The number of nitrogens with one attached hydrogen (secondary N) is 1. The van der Waals surface area contributed by atoms with Crippen molar-refractivity contribution < 1.29 is 28.9 Å². The van der Waals surface area contributed by atoms with Gasteiger partial charge in [-0.2, -0.15) is 0 Å². The monoisotopic (exact) mass is 361 g/mol. The first-order valence-electron chi connectivity index (χ1n) is 8.89. The lowest BCUT2D eigenvalue weighted by molar-refractivity contribution is -0.138. The van der Waals surface area contributed by atoms with Crippen LogP contribution in [0.1, 0.15) is 59.8 Å². The van der Waals surface area contributed by atoms with Gasteiger partial charge in [-0.3, -0.25) is 9.59 Å². The van der Waals surface area contributed by atoms with Gasteiger partial charge in [-0.05, 0) is 40.0 Å². The summed E-state index contributed by atoms with van der Waals surface area (Å²) in [6, 6.07) is 0. The second-order valence-corrected chi connectivity index (χ2v) is 6.97. The maximum atomic E-state index is 11.3. The number of rotatable bonds is 15. The van der Waals surface area contributed by atoms with E-state index in [9.17, 15) is 9.59 Å². The SMILES string of the molecule is CCC(C)(CCOCCNC(=O)CCC(=O)O)OCCC(C)(C)OC. The van der Waals surface area contributed by atoms with E-state index in [4.69, 9.17) is 19.3 Å². The third-order valence-corrected chi connectivity index (χ3v) is 4.36. The van der Waals surface area contributed by atoms with Crippen molar-refractivity contribution in [2.24, 2.45) is 0 Å². The molecule has 0 saturated heterocycles. The minimum Gasteiger partial charge on any atom is -0.481 e. The van der Waals surface area contributed by atoms with Crippen molar-refractivity contribution in [2.45, 2.75) is 71.0 Å². The third-order valence-electron chi connectivity index (χ3n) is 4.36. The highest BCUT2D eigenvalue weighted by Gasteiger charge is 2.24. The fourth-order valence-corrected chi connectivity index (χ4v) is 1.96. The molecule has 2 N–H and O–H groups in total. The average Bonchev–Trinajstić information content (AvgIpc) is 2.56. The van der Waals surface area contributed by atoms with E-state index in [0.717, 1.165) is 19.3 Å². The van der Waals surface area contributed by atoms with Gasteiger partial charge in [-0.25, -0.2) is 0 Å². The molecular formula is C18H35NO6. The Bertz CT molecular complexity index is 399. The van der Waals surface area contributed by atoms with Crippen LogP contribution in [0.25, 0.3) is 0 Å². The van der Waals surface area contributed by atoms with Gasteiger partial charge in [0.1, 0.15) is 0 Å². The van der Waals surface area contributed by atoms with E-state index in [2.05, 4.69) is 19.2 Å². The average molecular weight is 361 g/mol. The van der Waals surface area contributed by atoms with Crippen molar-refractivity contribution in [3.8, 4) is 0 Å². The van der Waals surface area contributed by atoms with Gasteiger partial charge >= 0.3 is 5.97 Å². The zero-order valence-electron chi connectivity index (χ0n) is 16.4. The number of amides is 1. The molecule has 7 nitrogen and oxygen atoms in total. The van der Waals surface area contributed by atoms with Crippen LogP contribution in [0.2, 0.25) is 0 Å². The Morgan fingerprint density at radius 1 is 1.04 bits per heavy atom. The number of methoxy groups -OCH3 is 1. The highest BCUT2D eigenvalue weighted by molar-refractivity contribution is 5.80. The zero-order chi connectivity index (χ0) is 19.3. The fraction of sp³-hybridized carbons (Fsp3) is 0.889. The normalized spacial score (nSPS) is 14.1. The molecule has 0 fully saturated rings. The van der Waals surface area contributed by atoms with Crippen molar-refractivity contribution in [3.05, 3.63) is 0 Å². The zero-order valence-corrected chi connectivity index (χ0v) is 16.4. The standard InChI is InChI=1S/C18H35NO6/c1-6-18(4,25-13-9-17(2,3)23-5)10-12-24-14-11-19-15(20)7-8-16(21)22/h6-14H2,1-5H3,(H,19,20)(H,21,22). The first-order valence-corrected chi connectivity index (χ1v) is 8.89. The van der Waals surface area contributed by atoms with Crippen molar-refractivity contribution >= 4 is 11.9 Å². The molecular weight excluding hydrogens is 326 g/mol. The first-order chi connectivity index (χ1) is 11.6. The van der Waals surface area contributed by atoms with Gasteiger partial charge in [0.05, 0.1) is 30.8 Å². The Morgan fingerprint density at radius 2 is 1.72 bits per heavy atom. The molecule has 0 aliphatic heterocycles. The van der Waals surface area contributed by atoms with Crippen LogP contribution in [0, 0.1) is 0 Å². The van der Waals surface area contributed by atoms with E-state index in [1.54, 1.807) is 7.11 Å². The van der Waals surface area contributed by atoms with Gasteiger partial charge in [0.2, 0.25) is 5.91 Å². The van der Waals surface area contributed by atoms with Crippen molar-refractivity contribution in [1.29, 1.82) is 0 Å². The molecule has 148 valence electrons. The minimum atomic E-state index is -0.973. The second kappa shape index (κ2) is 12.2. The number of carboxylic acids is 1. The van der Waals surface area contributed by atoms with Crippen molar-refractivity contribution in [3.63, 3.8) is 0 Å². The number of hydrogen-bond acceptors (Lipinski definition) is 5. The van der Waals surface area contributed by atoms with Gasteiger partial charge in [-0.1, -0.05) is 6.92 Å². The summed E-state index contributed by atoms with van der Waals surface area (Å²) in [4.78, 5) is 21.7. The molecule has 7 heteroatoms. The molecule has 1 amide bonds. The van der Waals surface area contributed by atoms with Gasteiger partial charge in [0.25, 0.3) is 0 Å². The van der Waals surface area contributed by atoms with Crippen LogP contribution in [-0.4, -0.2) is 61.7 Å². The van der Waals surface area contributed by atoms with Crippen LogP contribution in [0.3, 0.4) is 0 Å². The summed E-state index contributed by atoms with van der Waals surface area (Å²) in [7, 11) is 1.70. The van der Waals surface area contributed by atoms with Crippen LogP contribution < -0.4 is 5.32 Å². The van der Waals surface area contributed by atoms with E-state index in [0.29, 0.717) is 26.4 Å². The maximum absolute atomic E-state index is 11.3. The lowest BCUT2D eigenvalue weighted by Gasteiger charge is -2.31. The van der Waals surface area contributed by atoms with E-state index < -0.39 is 5.97 Å². The number of carbonyl (C=O) groups is 2. The van der Waals surface area contributed by atoms with E-state index in [-0.39, 0.29) is 30.0 Å². The van der Waals surface area contributed by atoms with Crippen LogP contribution in [-0.2, 0) is 23.8 Å². The fourth-order valence-electron chi connectivity index (χ4n) is 1.96. The van der Waals surface area contributed by atoms with Crippen LogP contribution in [0.4, 0.5) is 0 Å². The third kappa shape index (κ3) is 12.8. The van der Waals surface area contributed by atoms with Crippen LogP contribution in [0.15, 0.2) is 0 Å². The molecule has 25 heavy (non-hydrogen) atoms. The molecule has 0 aromatic rings. The number of carbonyl (C=O) groups excluding carboxylic acids is 1. The van der Waals surface area contributed by atoms with E-state index >= 15 is 0 Å². The Labute approximate surface area is 151 Å². The number of aliphatic carboxylic acids is 1. The second-order valence-electron chi connectivity index (χ2n) is 6.97. The predicted molar refractivity (Wildman–Crippen MR) is 95.7 cm³/mol. The van der Waals surface area contributed by atoms with Crippen LogP contribution in [0.5, 0.6) is 0 Å². The van der Waals surface area contributed by atoms with Crippen molar-refractivity contribution in [2.75, 3.05) is 33.5 Å².